The Morgan fingerprint density at radius 3 is 2.11 bits per heavy atom. The van der Waals surface area contributed by atoms with Crippen LogP contribution in [-0.2, 0) is 11.8 Å². The highest BCUT2D eigenvalue weighted by atomic mass is 14.7. The fraction of sp³-hybridized carbons (Fsp3) is 0.568. The first-order valence-electron chi connectivity index (χ1n) is 14.5. The first-order valence-corrected chi connectivity index (χ1v) is 14.5. The van der Waals surface area contributed by atoms with Gasteiger partial charge in [0.05, 0.1) is 0 Å². The monoisotopic (exact) mass is 496 g/mol. The van der Waals surface area contributed by atoms with Crippen LogP contribution >= 0.6 is 0 Å². The topological polar surface area (TPSA) is 0 Å². The molecule has 0 unspecified atom stereocenters. The molecule has 0 saturated carbocycles. The van der Waals surface area contributed by atoms with Crippen LogP contribution in [0.2, 0.25) is 0 Å². The predicted molar refractivity (Wildman–Crippen MR) is 164 cm³/mol. The number of rotatable bonds is 2. The Labute approximate surface area is 228 Å². The highest BCUT2D eigenvalue weighted by molar-refractivity contribution is 5.88. The molecule has 5 atom stereocenters. The van der Waals surface area contributed by atoms with Crippen molar-refractivity contribution in [3.8, 4) is 0 Å². The maximum Gasteiger partial charge on any atom is 0.0196 e. The van der Waals surface area contributed by atoms with E-state index in [0.29, 0.717) is 11.8 Å². The second-order valence-electron chi connectivity index (χ2n) is 14.4. The summed E-state index contributed by atoms with van der Waals surface area (Å²) < 4.78 is 0. The summed E-state index contributed by atoms with van der Waals surface area (Å²) in [6.45, 7) is 45.3. The van der Waals surface area contributed by atoms with Crippen LogP contribution in [0.25, 0.3) is 5.57 Å². The lowest BCUT2D eigenvalue weighted by Gasteiger charge is -2.67. The van der Waals surface area contributed by atoms with Gasteiger partial charge in [-0.25, -0.2) is 0 Å². The minimum Gasteiger partial charge on any atom is -0.0955 e. The summed E-state index contributed by atoms with van der Waals surface area (Å²) in [5.74, 6) is 0.867. The average molecular weight is 497 g/mol. The number of aryl methyl sites for hydroxylation is 1. The molecule has 200 valence electrons. The Morgan fingerprint density at radius 1 is 1.05 bits per heavy atom. The van der Waals surface area contributed by atoms with Crippen molar-refractivity contribution < 1.29 is 0 Å². The van der Waals surface area contributed by atoms with E-state index < -0.39 is 0 Å². The van der Waals surface area contributed by atoms with E-state index in [-0.39, 0.29) is 21.7 Å². The third-order valence-corrected chi connectivity index (χ3v) is 11.9. The molecule has 0 bridgehead atoms. The van der Waals surface area contributed by atoms with Gasteiger partial charge in [0.2, 0.25) is 0 Å². The van der Waals surface area contributed by atoms with Crippen molar-refractivity contribution >= 4 is 5.57 Å². The van der Waals surface area contributed by atoms with Crippen molar-refractivity contribution in [2.24, 2.45) is 22.2 Å². The zero-order valence-corrected chi connectivity index (χ0v) is 26.3. The molecule has 0 radical (unpaired) electrons. The highest BCUT2D eigenvalue weighted by Crippen LogP contribution is 2.74. The van der Waals surface area contributed by atoms with E-state index in [4.69, 9.17) is 13.2 Å². The van der Waals surface area contributed by atoms with Gasteiger partial charge < -0.3 is 0 Å². The molecule has 0 spiro atoms. The molecular weight excluding hydrogens is 444 g/mol. The molecule has 3 aliphatic rings. The van der Waals surface area contributed by atoms with Crippen LogP contribution in [0.3, 0.4) is 0 Å². The molecule has 0 nitrogen and oxygen atoms in total. The van der Waals surface area contributed by atoms with Gasteiger partial charge in [-0.1, -0.05) is 105 Å². The molecule has 4 rings (SSSR count). The number of fused-ring (bicyclic) bond motifs is 3. The van der Waals surface area contributed by atoms with Gasteiger partial charge in [0.25, 0.3) is 0 Å². The van der Waals surface area contributed by atoms with E-state index in [1.165, 1.54) is 55.7 Å². The van der Waals surface area contributed by atoms with Gasteiger partial charge in [0.15, 0.2) is 0 Å². The molecule has 0 N–H and O–H groups in total. The first kappa shape index (κ1) is 27.9. The van der Waals surface area contributed by atoms with Crippen LogP contribution in [0.5, 0.6) is 0 Å². The van der Waals surface area contributed by atoms with E-state index in [0.717, 1.165) is 18.4 Å². The largest absolute Gasteiger partial charge is 0.0955 e. The van der Waals surface area contributed by atoms with E-state index in [1.54, 1.807) is 5.56 Å². The van der Waals surface area contributed by atoms with E-state index in [9.17, 15) is 0 Å². The number of hydrogen-bond donors (Lipinski definition) is 0. The van der Waals surface area contributed by atoms with Gasteiger partial charge in [-0.2, -0.15) is 0 Å². The number of hydrogen-bond acceptors (Lipinski definition) is 0. The smallest absolute Gasteiger partial charge is 0.0196 e. The van der Waals surface area contributed by atoms with Crippen molar-refractivity contribution in [1.29, 1.82) is 0 Å². The van der Waals surface area contributed by atoms with Gasteiger partial charge in [-0.15, -0.1) is 0 Å². The maximum atomic E-state index is 4.93. The Kier molecular flexibility index (Phi) is 6.20. The number of allylic oxidation sites excluding steroid dienone is 7. The minimum atomic E-state index is -0.141. The summed E-state index contributed by atoms with van der Waals surface area (Å²) in [7, 11) is 0. The Bertz CT molecular complexity index is 1310. The molecule has 1 aromatic carbocycles. The van der Waals surface area contributed by atoms with Crippen molar-refractivity contribution in [3.05, 3.63) is 87.1 Å². The predicted octanol–water partition coefficient (Wildman–Crippen LogP) is 10.8. The molecule has 0 amide bonds. The molecule has 3 aliphatic carbocycles. The molecule has 0 heterocycles. The average Bonchev–Trinajstić information content (AvgIpc) is 2.78. The second-order valence-corrected chi connectivity index (χ2v) is 14.4. The van der Waals surface area contributed by atoms with Gasteiger partial charge >= 0.3 is 0 Å². The molecule has 0 aliphatic heterocycles. The summed E-state index contributed by atoms with van der Waals surface area (Å²) in [6, 6.07) is 2.52. The fourth-order valence-corrected chi connectivity index (χ4v) is 9.44. The van der Waals surface area contributed by atoms with Crippen molar-refractivity contribution in [1.82, 2.24) is 0 Å². The summed E-state index contributed by atoms with van der Waals surface area (Å²) in [6.07, 6.45) is 2.14. The lowest BCUT2D eigenvalue weighted by Crippen LogP contribution is -2.58. The van der Waals surface area contributed by atoms with Gasteiger partial charge in [0.1, 0.15) is 0 Å². The van der Waals surface area contributed by atoms with Crippen molar-refractivity contribution in [2.75, 3.05) is 0 Å². The fourth-order valence-electron chi connectivity index (χ4n) is 9.44. The quantitative estimate of drug-likeness (QED) is 0.382. The third-order valence-electron chi connectivity index (χ3n) is 11.9. The Balaban J connectivity index is 2.15. The maximum absolute atomic E-state index is 4.93. The molecule has 37 heavy (non-hydrogen) atoms. The highest BCUT2D eigenvalue weighted by Gasteiger charge is 2.65. The standard InChI is InChI=1S/C37H52/c1-17-28-18-29(34(11,12)13)22(5)31-23(6)33-26(9)37(16)25(8)30(20(2)3)21(4)19-35(37,14)27(10)36(33,15)24(7)32(28)31/h18,24,27H,2,6,8,17,19H2,1,3-5,7,9-16H3/t24-,27+,35+,36-,37-/m1/s1. The van der Waals surface area contributed by atoms with Crippen LogP contribution < -0.4 is 0 Å². The Morgan fingerprint density at radius 2 is 1.62 bits per heavy atom. The third kappa shape index (κ3) is 3.20. The van der Waals surface area contributed by atoms with Crippen LogP contribution in [0.1, 0.15) is 123 Å². The lowest BCUT2D eigenvalue weighted by atomic mass is 9.36. The van der Waals surface area contributed by atoms with Crippen LogP contribution in [0.15, 0.2) is 59.2 Å². The molecule has 0 saturated heterocycles. The molecule has 0 fully saturated rings. The zero-order valence-electron chi connectivity index (χ0n) is 26.3. The van der Waals surface area contributed by atoms with Crippen LogP contribution in [0, 0.1) is 29.1 Å². The summed E-state index contributed by atoms with van der Waals surface area (Å²) >= 11 is 0. The van der Waals surface area contributed by atoms with E-state index in [2.05, 4.69) is 103 Å². The van der Waals surface area contributed by atoms with Gasteiger partial charge in [-0.05, 0) is 113 Å². The molecule has 0 aromatic heterocycles. The first-order chi connectivity index (χ1) is 16.8. The van der Waals surface area contributed by atoms with Crippen molar-refractivity contribution in [2.45, 2.75) is 114 Å². The Hall–Kier alpha value is -2.08. The van der Waals surface area contributed by atoms with Gasteiger partial charge in [0, 0.05) is 10.8 Å². The summed E-state index contributed by atoms with van der Waals surface area (Å²) in [5, 5.41) is 0. The van der Waals surface area contributed by atoms with Crippen LogP contribution in [0.4, 0.5) is 0 Å². The van der Waals surface area contributed by atoms with Crippen molar-refractivity contribution in [3.63, 3.8) is 0 Å². The summed E-state index contributed by atoms with van der Waals surface area (Å²) in [5.41, 5.74) is 16.8. The summed E-state index contributed by atoms with van der Waals surface area (Å²) in [4.78, 5) is 0. The number of benzene rings is 1. The zero-order chi connectivity index (χ0) is 28.2. The van der Waals surface area contributed by atoms with E-state index in [1.807, 2.05) is 0 Å². The minimum absolute atomic E-state index is 0.00330. The molecule has 1 aromatic rings. The normalized spacial score (nSPS) is 33.9. The van der Waals surface area contributed by atoms with Crippen LogP contribution in [-0.4, -0.2) is 0 Å². The molecular formula is C37H52. The lowest BCUT2D eigenvalue weighted by molar-refractivity contribution is -0.0262. The molecule has 0 heteroatoms. The SMILES string of the molecule is C=C(C)C1=C(C)C[C@@]2(C)[C@H](C)[C@]3(C)C(=C(C)[C@@]2(C)C1=C)C(=C)c1c(C)c(C(C)(C)C)cc(CC)c1[C@H]3C. The van der Waals surface area contributed by atoms with Gasteiger partial charge in [-0.3, -0.25) is 0 Å². The second kappa shape index (κ2) is 8.21. The van der Waals surface area contributed by atoms with E-state index >= 15 is 0 Å².